The summed E-state index contributed by atoms with van der Waals surface area (Å²) in [4.78, 5) is 26.0. The van der Waals surface area contributed by atoms with Crippen LogP contribution in [-0.4, -0.2) is 22.6 Å². The maximum atomic E-state index is 13.2. The van der Waals surface area contributed by atoms with Crippen LogP contribution in [0.2, 0.25) is 5.02 Å². The third-order valence-corrected chi connectivity index (χ3v) is 5.20. The van der Waals surface area contributed by atoms with E-state index in [1.165, 1.54) is 32.2 Å². The first-order valence-electron chi connectivity index (χ1n) is 9.08. The monoisotopic (exact) mass is 422 g/mol. The molecule has 0 bridgehead atoms. The highest BCUT2D eigenvalue weighted by Gasteiger charge is 2.25. The van der Waals surface area contributed by atoms with Crippen LogP contribution in [0, 0.1) is 25.2 Å². The van der Waals surface area contributed by atoms with E-state index in [9.17, 15) is 20.0 Å². The molecule has 1 N–H and O–H groups in total. The van der Waals surface area contributed by atoms with Gasteiger partial charge in [0, 0.05) is 5.56 Å². The first-order chi connectivity index (χ1) is 14.3. The maximum Gasteiger partial charge on any atom is 0.271 e. The Kier molecular flexibility index (Phi) is 5.95. The highest BCUT2D eigenvalue weighted by Crippen LogP contribution is 2.29. The summed E-state index contributed by atoms with van der Waals surface area (Å²) in [6.07, 6.45) is 0. The van der Waals surface area contributed by atoms with Crippen molar-refractivity contribution in [1.29, 1.82) is 5.26 Å². The second-order valence-corrected chi connectivity index (χ2v) is 7.27. The lowest BCUT2D eigenvalue weighted by Gasteiger charge is -2.16. The molecule has 0 saturated carbocycles. The van der Waals surface area contributed by atoms with Crippen molar-refractivity contribution >= 4 is 17.4 Å². The number of aromatic hydroxyl groups is 1. The number of benzene rings is 2. The molecule has 7 heteroatoms. The molecule has 0 saturated heterocycles. The van der Waals surface area contributed by atoms with Crippen LogP contribution in [0.3, 0.4) is 0 Å². The van der Waals surface area contributed by atoms with E-state index < -0.39 is 17.2 Å². The number of halogens is 1. The molecule has 0 fully saturated rings. The minimum absolute atomic E-state index is 0.0174. The van der Waals surface area contributed by atoms with E-state index >= 15 is 0 Å². The van der Waals surface area contributed by atoms with E-state index in [2.05, 4.69) is 0 Å². The van der Waals surface area contributed by atoms with Crippen LogP contribution in [0.5, 0.6) is 11.6 Å². The molecule has 0 atom stereocenters. The lowest BCUT2D eigenvalue weighted by Crippen LogP contribution is -2.27. The molecule has 3 rings (SSSR count). The number of carbonyl (C=O) groups excluding carboxylic acids is 1. The second-order valence-electron chi connectivity index (χ2n) is 6.87. The molecule has 0 amide bonds. The highest BCUT2D eigenvalue weighted by atomic mass is 35.5. The van der Waals surface area contributed by atoms with E-state index in [1.54, 1.807) is 0 Å². The van der Waals surface area contributed by atoms with Crippen molar-refractivity contribution in [3.63, 3.8) is 0 Å². The number of nitriles is 1. The van der Waals surface area contributed by atoms with Gasteiger partial charge in [-0.05, 0) is 43.2 Å². The lowest BCUT2D eigenvalue weighted by molar-refractivity contribution is 0.103. The van der Waals surface area contributed by atoms with E-state index in [4.69, 9.17) is 16.3 Å². The standard InChI is InChI=1S/C23H19ClN2O4/c1-13-4-6-15(7-5-13)12-26-22(28)17(11-25)14(2)20(23(26)29)21(27)16-8-9-19(30-3)18(24)10-16/h4-10,29H,12H2,1-3H3. The number of hydrogen-bond acceptors (Lipinski definition) is 5. The zero-order valence-corrected chi connectivity index (χ0v) is 17.4. The Morgan fingerprint density at radius 1 is 1.20 bits per heavy atom. The molecule has 0 aliphatic carbocycles. The minimum Gasteiger partial charge on any atom is -0.495 e. The molecule has 2 aromatic carbocycles. The largest absolute Gasteiger partial charge is 0.495 e. The topological polar surface area (TPSA) is 92.3 Å². The molecule has 3 aromatic rings. The number of aryl methyl sites for hydroxylation is 1. The summed E-state index contributed by atoms with van der Waals surface area (Å²) in [5.74, 6) is -0.644. The summed E-state index contributed by atoms with van der Waals surface area (Å²) in [6, 6.07) is 13.7. The number of carbonyl (C=O) groups is 1. The molecule has 0 spiro atoms. The third kappa shape index (κ3) is 3.80. The van der Waals surface area contributed by atoms with Gasteiger partial charge in [0.05, 0.1) is 24.2 Å². The van der Waals surface area contributed by atoms with E-state index in [-0.39, 0.29) is 33.8 Å². The lowest BCUT2D eigenvalue weighted by atomic mass is 9.97. The molecule has 0 unspecified atom stereocenters. The van der Waals surface area contributed by atoms with Gasteiger partial charge in [0.1, 0.15) is 17.4 Å². The summed E-state index contributed by atoms with van der Waals surface area (Å²) >= 11 is 6.13. The average Bonchev–Trinajstić information content (AvgIpc) is 2.72. The number of ether oxygens (including phenoxy) is 1. The molecule has 1 aromatic heterocycles. The molecule has 0 aliphatic rings. The van der Waals surface area contributed by atoms with Crippen LogP contribution in [-0.2, 0) is 6.54 Å². The van der Waals surface area contributed by atoms with Crippen molar-refractivity contribution in [3.8, 4) is 17.7 Å². The quantitative estimate of drug-likeness (QED) is 0.628. The highest BCUT2D eigenvalue weighted by molar-refractivity contribution is 6.32. The van der Waals surface area contributed by atoms with Crippen molar-refractivity contribution in [2.75, 3.05) is 7.11 Å². The Balaban J connectivity index is 2.18. The predicted molar refractivity (Wildman–Crippen MR) is 114 cm³/mol. The van der Waals surface area contributed by atoms with Crippen LogP contribution in [0.4, 0.5) is 0 Å². The number of pyridine rings is 1. The molecule has 0 radical (unpaired) electrons. The van der Waals surface area contributed by atoms with E-state index in [1.807, 2.05) is 37.3 Å². The van der Waals surface area contributed by atoms with Crippen LogP contribution < -0.4 is 10.3 Å². The van der Waals surface area contributed by atoms with Crippen LogP contribution in [0.1, 0.15) is 38.2 Å². The number of hydrogen-bond donors (Lipinski definition) is 1. The van der Waals surface area contributed by atoms with E-state index in [0.717, 1.165) is 15.7 Å². The Morgan fingerprint density at radius 2 is 1.87 bits per heavy atom. The van der Waals surface area contributed by atoms with Gasteiger partial charge in [0.2, 0.25) is 5.88 Å². The van der Waals surface area contributed by atoms with Gasteiger partial charge in [-0.25, -0.2) is 0 Å². The summed E-state index contributed by atoms with van der Waals surface area (Å²) in [7, 11) is 1.46. The van der Waals surface area contributed by atoms with Crippen molar-refractivity contribution in [3.05, 3.63) is 91.2 Å². The minimum atomic E-state index is -0.655. The van der Waals surface area contributed by atoms with Gasteiger partial charge in [-0.3, -0.25) is 14.2 Å². The second kappa shape index (κ2) is 8.44. The van der Waals surface area contributed by atoms with Crippen LogP contribution in [0.25, 0.3) is 0 Å². The van der Waals surface area contributed by atoms with Gasteiger partial charge in [-0.1, -0.05) is 41.4 Å². The number of nitrogens with zero attached hydrogens (tertiary/aromatic N) is 2. The summed E-state index contributed by atoms with van der Waals surface area (Å²) in [5, 5.41) is 20.6. The average molecular weight is 423 g/mol. The molecule has 6 nitrogen and oxygen atoms in total. The van der Waals surface area contributed by atoms with Crippen LogP contribution >= 0.6 is 11.6 Å². The predicted octanol–water partition coefficient (Wildman–Crippen LogP) is 3.98. The fourth-order valence-electron chi connectivity index (χ4n) is 3.20. The van der Waals surface area contributed by atoms with Crippen molar-refractivity contribution in [1.82, 2.24) is 4.57 Å². The molecule has 0 aliphatic heterocycles. The zero-order valence-electron chi connectivity index (χ0n) is 16.7. The Bertz CT molecular complexity index is 1240. The fraction of sp³-hybridized carbons (Fsp3) is 0.174. The molecular formula is C23H19ClN2O4. The van der Waals surface area contributed by atoms with Crippen molar-refractivity contribution in [2.45, 2.75) is 20.4 Å². The van der Waals surface area contributed by atoms with Gasteiger partial charge in [0.15, 0.2) is 5.78 Å². The van der Waals surface area contributed by atoms with Crippen LogP contribution in [0.15, 0.2) is 47.3 Å². The van der Waals surface area contributed by atoms with Crippen molar-refractivity contribution < 1.29 is 14.6 Å². The molecular weight excluding hydrogens is 404 g/mol. The van der Waals surface area contributed by atoms with Gasteiger partial charge >= 0.3 is 0 Å². The summed E-state index contributed by atoms with van der Waals surface area (Å²) in [6.45, 7) is 3.42. The molecule has 30 heavy (non-hydrogen) atoms. The van der Waals surface area contributed by atoms with Gasteiger partial charge in [-0.2, -0.15) is 5.26 Å². The van der Waals surface area contributed by atoms with Gasteiger partial charge < -0.3 is 9.84 Å². The van der Waals surface area contributed by atoms with Crippen molar-refractivity contribution in [2.24, 2.45) is 0 Å². The number of rotatable bonds is 5. The Morgan fingerprint density at radius 3 is 2.43 bits per heavy atom. The smallest absolute Gasteiger partial charge is 0.271 e. The number of aromatic nitrogens is 1. The summed E-state index contributed by atoms with van der Waals surface area (Å²) in [5.41, 5.74) is 1.15. The molecule has 152 valence electrons. The first-order valence-corrected chi connectivity index (χ1v) is 9.46. The SMILES string of the molecule is COc1ccc(C(=O)c2c(C)c(C#N)c(=O)n(Cc3ccc(C)cc3)c2O)cc1Cl. The molecule has 1 heterocycles. The fourth-order valence-corrected chi connectivity index (χ4v) is 3.46. The van der Waals surface area contributed by atoms with Gasteiger partial charge in [-0.15, -0.1) is 0 Å². The Hall–Kier alpha value is -3.56. The summed E-state index contributed by atoms with van der Waals surface area (Å²) < 4.78 is 6.13. The first kappa shape index (κ1) is 21.2. The Labute approximate surface area is 178 Å². The van der Waals surface area contributed by atoms with Gasteiger partial charge in [0.25, 0.3) is 5.56 Å². The maximum absolute atomic E-state index is 13.2. The van der Waals surface area contributed by atoms with E-state index in [0.29, 0.717) is 5.75 Å². The normalized spacial score (nSPS) is 10.5. The number of ketones is 1. The number of methoxy groups -OCH3 is 1. The third-order valence-electron chi connectivity index (χ3n) is 4.90. The zero-order chi connectivity index (χ0) is 22.0.